The summed E-state index contributed by atoms with van der Waals surface area (Å²) < 4.78 is 31.1. The Morgan fingerprint density at radius 1 is 1.21 bits per heavy atom. The van der Waals surface area contributed by atoms with Crippen LogP contribution in [-0.4, -0.2) is 67.8 Å². The largest absolute Gasteiger partial charge is 0.485 e. The molecule has 3 heterocycles. The van der Waals surface area contributed by atoms with Crippen LogP contribution in [0.3, 0.4) is 0 Å². The maximum atomic E-state index is 12.7. The molecule has 0 aliphatic carbocycles. The predicted octanol–water partition coefficient (Wildman–Crippen LogP) is 1.08. The number of para-hydroxylation sites is 1. The average molecular weight is 474 g/mol. The highest BCUT2D eigenvalue weighted by Gasteiger charge is 2.31. The van der Waals surface area contributed by atoms with Gasteiger partial charge in [0.1, 0.15) is 12.3 Å². The fourth-order valence-electron chi connectivity index (χ4n) is 3.88. The number of carbonyl (C=O) groups is 1. The lowest BCUT2D eigenvalue weighted by Crippen LogP contribution is -2.31. The molecule has 2 aromatic heterocycles. The van der Waals surface area contributed by atoms with E-state index in [0.717, 1.165) is 17.0 Å². The fourth-order valence-corrected chi connectivity index (χ4v) is 5.57. The van der Waals surface area contributed by atoms with Gasteiger partial charge in [0.05, 0.1) is 23.2 Å². The first-order valence-corrected chi connectivity index (χ1v) is 12.5. The number of hydrogen-bond acceptors (Lipinski definition) is 8. The number of ether oxygens (including phenoxy) is 1. The van der Waals surface area contributed by atoms with Crippen molar-refractivity contribution in [1.82, 2.24) is 34.9 Å². The number of amides is 1. The second kappa shape index (κ2) is 9.30. The normalized spacial score (nSPS) is 17.2. The van der Waals surface area contributed by atoms with Gasteiger partial charge in [-0.1, -0.05) is 18.2 Å². The van der Waals surface area contributed by atoms with E-state index < -0.39 is 9.84 Å². The summed E-state index contributed by atoms with van der Waals surface area (Å²) in [5.41, 5.74) is 2.59. The second-order valence-electron chi connectivity index (χ2n) is 8.24. The number of aromatic nitrogens is 6. The van der Waals surface area contributed by atoms with Gasteiger partial charge < -0.3 is 9.64 Å². The van der Waals surface area contributed by atoms with E-state index in [4.69, 9.17) is 4.74 Å². The molecule has 1 amide bonds. The fraction of sp³-hybridized carbons (Fsp3) is 0.476. The molecule has 0 radical (unpaired) electrons. The van der Waals surface area contributed by atoms with Crippen molar-refractivity contribution in [3.63, 3.8) is 0 Å². The molecule has 176 valence electrons. The molecule has 4 rings (SSSR count). The number of nitrogens with zero attached hydrogens (tertiary/aromatic N) is 7. The third kappa shape index (κ3) is 5.38. The lowest BCUT2D eigenvalue weighted by molar-refractivity contribution is -0.131. The zero-order valence-corrected chi connectivity index (χ0v) is 19.7. The molecular weight excluding hydrogens is 446 g/mol. The minimum Gasteiger partial charge on any atom is -0.485 e. The number of hydrogen-bond donors (Lipinski definition) is 0. The first-order chi connectivity index (χ1) is 15.7. The summed E-state index contributed by atoms with van der Waals surface area (Å²) in [6, 6.07) is 9.16. The first kappa shape index (κ1) is 22.9. The zero-order chi connectivity index (χ0) is 23.6. The van der Waals surface area contributed by atoms with E-state index in [1.807, 2.05) is 44.2 Å². The van der Waals surface area contributed by atoms with Crippen LogP contribution in [0.2, 0.25) is 0 Å². The molecular formula is C21H27N7O4S. The molecule has 0 N–H and O–H groups in total. The number of benzene rings is 1. The second-order valence-corrected chi connectivity index (χ2v) is 10.5. The van der Waals surface area contributed by atoms with Crippen molar-refractivity contribution in [3.05, 3.63) is 53.1 Å². The van der Waals surface area contributed by atoms with Crippen molar-refractivity contribution in [2.24, 2.45) is 0 Å². The molecule has 33 heavy (non-hydrogen) atoms. The summed E-state index contributed by atoms with van der Waals surface area (Å²) in [5, 5.41) is 16.6. The van der Waals surface area contributed by atoms with Gasteiger partial charge in [0.2, 0.25) is 11.7 Å². The van der Waals surface area contributed by atoms with Crippen LogP contribution in [-0.2, 0) is 34.3 Å². The third-order valence-corrected chi connectivity index (χ3v) is 7.48. The summed E-state index contributed by atoms with van der Waals surface area (Å²) in [4.78, 5) is 15.6. The quantitative estimate of drug-likeness (QED) is 0.476. The van der Waals surface area contributed by atoms with Gasteiger partial charge in [-0.05, 0) is 37.6 Å². The summed E-state index contributed by atoms with van der Waals surface area (Å²) in [6.45, 7) is 4.24. The topological polar surface area (TPSA) is 125 Å². The summed E-state index contributed by atoms with van der Waals surface area (Å²) in [6.07, 6.45) is 0.562. The molecule has 1 aromatic carbocycles. The Labute approximate surface area is 192 Å². The van der Waals surface area contributed by atoms with Gasteiger partial charge in [-0.25, -0.2) is 8.42 Å². The molecule has 1 atom stereocenters. The van der Waals surface area contributed by atoms with Gasteiger partial charge in [0.25, 0.3) is 0 Å². The Morgan fingerprint density at radius 2 is 1.97 bits per heavy atom. The molecule has 1 aliphatic heterocycles. The zero-order valence-electron chi connectivity index (χ0n) is 18.9. The summed E-state index contributed by atoms with van der Waals surface area (Å²) in [7, 11) is -1.31. The maximum absolute atomic E-state index is 12.7. The minimum atomic E-state index is -3.01. The number of rotatable bonds is 8. The van der Waals surface area contributed by atoms with Crippen molar-refractivity contribution in [2.75, 3.05) is 18.6 Å². The summed E-state index contributed by atoms with van der Waals surface area (Å²) in [5.74, 6) is 1.20. The van der Waals surface area contributed by atoms with Crippen molar-refractivity contribution >= 4 is 15.7 Å². The molecule has 3 aromatic rings. The van der Waals surface area contributed by atoms with Gasteiger partial charge >= 0.3 is 0 Å². The Hall–Kier alpha value is -3.28. The van der Waals surface area contributed by atoms with E-state index in [2.05, 4.69) is 20.5 Å². The summed E-state index contributed by atoms with van der Waals surface area (Å²) >= 11 is 0. The van der Waals surface area contributed by atoms with Crippen molar-refractivity contribution < 1.29 is 17.9 Å². The van der Waals surface area contributed by atoms with Gasteiger partial charge in [0.15, 0.2) is 16.4 Å². The minimum absolute atomic E-state index is 0.0536. The monoisotopic (exact) mass is 473 g/mol. The van der Waals surface area contributed by atoms with Crippen LogP contribution in [0.1, 0.15) is 35.2 Å². The molecule has 11 nitrogen and oxygen atoms in total. The Balaban J connectivity index is 1.35. The molecule has 1 saturated heterocycles. The van der Waals surface area contributed by atoms with Gasteiger partial charge in [-0.3, -0.25) is 9.48 Å². The van der Waals surface area contributed by atoms with Crippen LogP contribution in [0.5, 0.6) is 5.75 Å². The maximum Gasteiger partial charge on any atom is 0.246 e. The molecule has 0 spiro atoms. The standard InChI is InChI=1S/C21H27N7O4S/c1-15-19(16(2)28(23-15)17-9-10-33(30,31)14-17)11-26(3)21(29)12-27-24-20(22-25-27)13-32-18-7-5-4-6-8-18/h4-8,17H,9-14H2,1-3H3/t17-/m1/s1. The lowest BCUT2D eigenvalue weighted by atomic mass is 10.1. The third-order valence-electron chi connectivity index (χ3n) is 5.73. The molecule has 0 unspecified atom stereocenters. The van der Waals surface area contributed by atoms with Crippen molar-refractivity contribution in [1.29, 1.82) is 0 Å². The number of tetrazole rings is 1. The molecule has 1 aliphatic rings. The predicted molar refractivity (Wildman–Crippen MR) is 119 cm³/mol. The van der Waals surface area contributed by atoms with Crippen LogP contribution < -0.4 is 4.74 Å². The van der Waals surface area contributed by atoms with E-state index in [-0.39, 0.29) is 36.6 Å². The Kier molecular flexibility index (Phi) is 6.45. The highest BCUT2D eigenvalue weighted by Crippen LogP contribution is 2.27. The van der Waals surface area contributed by atoms with E-state index in [0.29, 0.717) is 24.5 Å². The number of likely N-dealkylation sites (N-methyl/N-ethyl adjacent to an activating group) is 1. The van der Waals surface area contributed by atoms with Crippen LogP contribution in [0.4, 0.5) is 0 Å². The van der Waals surface area contributed by atoms with E-state index >= 15 is 0 Å². The molecule has 1 fully saturated rings. The van der Waals surface area contributed by atoms with Crippen LogP contribution in [0.15, 0.2) is 30.3 Å². The van der Waals surface area contributed by atoms with Crippen LogP contribution >= 0.6 is 0 Å². The highest BCUT2D eigenvalue weighted by atomic mass is 32.2. The van der Waals surface area contributed by atoms with E-state index in [1.165, 1.54) is 4.80 Å². The van der Waals surface area contributed by atoms with Crippen molar-refractivity contribution in [2.45, 2.75) is 46.0 Å². The molecule has 12 heteroatoms. The highest BCUT2D eigenvalue weighted by molar-refractivity contribution is 7.91. The van der Waals surface area contributed by atoms with Crippen LogP contribution in [0, 0.1) is 13.8 Å². The molecule has 0 bridgehead atoms. The lowest BCUT2D eigenvalue weighted by Gasteiger charge is -2.17. The number of carbonyl (C=O) groups excluding carboxylic acids is 1. The molecule has 0 saturated carbocycles. The van der Waals surface area contributed by atoms with Crippen molar-refractivity contribution in [3.8, 4) is 5.75 Å². The smallest absolute Gasteiger partial charge is 0.246 e. The van der Waals surface area contributed by atoms with Gasteiger partial charge in [-0.15, -0.1) is 10.2 Å². The SMILES string of the molecule is Cc1nn([C@@H]2CCS(=O)(=O)C2)c(C)c1CN(C)C(=O)Cn1nnc(COc2ccccc2)n1. The number of aryl methyl sites for hydroxylation is 1. The Bertz CT molecular complexity index is 1240. The van der Waals surface area contributed by atoms with Gasteiger partial charge in [-0.2, -0.15) is 9.90 Å². The van der Waals surface area contributed by atoms with Gasteiger partial charge in [0, 0.05) is 24.8 Å². The Morgan fingerprint density at radius 3 is 2.67 bits per heavy atom. The van der Waals surface area contributed by atoms with Crippen LogP contribution in [0.25, 0.3) is 0 Å². The number of sulfone groups is 1. The first-order valence-electron chi connectivity index (χ1n) is 10.7. The van der Waals surface area contributed by atoms with E-state index in [1.54, 1.807) is 16.6 Å². The van der Waals surface area contributed by atoms with E-state index in [9.17, 15) is 13.2 Å². The average Bonchev–Trinajstić information content (AvgIpc) is 3.46.